The maximum absolute atomic E-state index is 6.02. The molecule has 0 aromatic heterocycles. The summed E-state index contributed by atoms with van der Waals surface area (Å²) in [6.07, 6.45) is 2.58. The Morgan fingerprint density at radius 3 is 2.82 bits per heavy atom. The van der Waals surface area contributed by atoms with Crippen molar-refractivity contribution in [1.82, 2.24) is 10.2 Å². The molecule has 0 bridgehead atoms. The summed E-state index contributed by atoms with van der Waals surface area (Å²) in [4.78, 5) is 7.09. The lowest BCUT2D eigenvalue weighted by Gasteiger charge is -2.37. The van der Waals surface area contributed by atoms with Gasteiger partial charge < -0.3 is 24.4 Å². The second-order valence-electron chi connectivity index (χ2n) is 7.68. The van der Waals surface area contributed by atoms with Crippen molar-refractivity contribution < 1.29 is 14.2 Å². The molecule has 2 heterocycles. The zero-order chi connectivity index (χ0) is 19.8. The van der Waals surface area contributed by atoms with Crippen LogP contribution in [0.15, 0.2) is 29.3 Å². The minimum absolute atomic E-state index is 0.134. The first-order chi connectivity index (χ1) is 13.7. The molecule has 1 aromatic rings. The second kappa shape index (κ2) is 10.7. The standard InChI is InChI=1S/C22H35N3O3/c1-4-23-22(25-12-15-28-21(16-25)20-10-7-13-26-20)24-11-14-27-19-9-6-5-8-18(19)17(2)3/h5-6,8-9,17,20-21H,4,7,10-16H2,1-3H3,(H,23,24). The molecule has 0 amide bonds. The molecular formula is C22H35N3O3. The van der Waals surface area contributed by atoms with Crippen LogP contribution in [0.3, 0.4) is 0 Å². The fourth-order valence-corrected chi connectivity index (χ4v) is 3.81. The third kappa shape index (κ3) is 5.61. The number of para-hydroxylation sites is 1. The van der Waals surface area contributed by atoms with Gasteiger partial charge in [0.1, 0.15) is 18.5 Å². The largest absolute Gasteiger partial charge is 0.491 e. The third-order valence-corrected chi connectivity index (χ3v) is 5.26. The van der Waals surface area contributed by atoms with E-state index in [1.165, 1.54) is 5.56 Å². The summed E-state index contributed by atoms with van der Waals surface area (Å²) in [5.41, 5.74) is 1.24. The summed E-state index contributed by atoms with van der Waals surface area (Å²) in [5.74, 6) is 2.34. The quantitative estimate of drug-likeness (QED) is 0.441. The summed E-state index contributed by atoms with van der Waals surface area (Å²) in [6, 6.07) is 8.25. The molecular weight excluding hydrogens is 354 g/mol. The van der Waals surface area contributed by atoms with Crippen molar-refractivity contribution in [3.8, 4) is 5.75 Å². The van der Waals surface area contributed by atoms with Crippen molar-refractivity contribution >= 4 is 5.96 Å². The fourth-order valence-electron chi connectivity index (χ4n) is 3.81. The van der Waals surface area contributed by atoms with Crippen LogP contribution in [0.1, 0.15) is 45.1 Å². The molecule has 2 unspecified atom stereocenters. The highest BCUT2D eigenvalue weighted by Gasteiger charge is 2.32. The number of aliphatic imine (C=N–C) groups is 1. The first-order valence-electron chi connectivity index (χ1n) is 10.7. The molecule has 1 N–H and O–H groups in total. The van der Waals surface area contributed by atoms with Gasteiger partial charge in [-0.15, -0.1) is 0 Å². The average molecular weight is 390 g/mol. The van der Waals surface area contributed by atoms with E-state index in [-0.39, 0.29) is 12.2 Å². The molecule has 0 spiro atoms. The van der Waals surface area contributed by atoms with Crippen LogP contribution in [-0.4, -0.2) is 69.1 Å². The van der Waals surface area contributed by atoms with E-state index < -0.39 is 0 Å². The van der Waals surface area contributed by atoms with Crippen LogP contribution in [-0.2, 0) is 9.47 Å². The van der Waals surface area contributed by atoms with Crippen molar-refractivity contribution in [2.45, 2.75) is 51.7 Å². The summed E-state index contributed by atoms with van der Waals surface area (Å²) in [5, 5.41) is 3.42. The summed E-state index contributed by atoms with van der Waals surface area (Å²) >= 11 is 0. The van der Waals surface area contributed by atoms with E-state index in [1.54, 1.807) is 0 Å². The SMILES string of the molecule is CCNC(=NCCOc1ccccc1C(C)C)N1CCOC(C2CCCO2)C1. The van der Waals surface area contributed by atoms with Gasteiger partial charge in [0.15, 0.2) is 5.96 Å². The van der Waals surface area contributed by atoms with Crippen LogP contribution >= 0.6 is 0 Å². The molecule has 0 aliphatic carbocycles. The molecule has 0 radical (unpaired) electrons. The second-order valence-corrected chi connectivity index (χ2v) is 7.68. The minimum Gasteiger partial charge on any atom is -0.491 e. The summed E-state index contributed by atoms with van der Waals surface area (Å²) in [7, 11) is 0. The smallest absolute Gasteiger partial charge is 0.194 e. The van der Waals surface area contributed by atoms with Gasteiger partial charge in [-0.05, 0) is 37.3 Å². The fraction of sp³-hybridized carbons (Fsp3) is 0.682. The molecule has 2 fully saturated rings. The Bertz CT molecular complexity index is 629. The van der Waals surface area contributed by atoms with Crippen LogP contribution in [0.4, 0.5) is 0 Å². The third-order valence-electron chi connectivity index (χ3n) is 5.26. The van der Waals surface area contributed by atoms with Crippen LogP contribution in [0, 0.1) is 0 Å². The Morgan fingerprint density at radius 2 is 2.07 bits per heavy atom. The number of ether oxygens (including phenoxy) is 3. The zero-order valence-corrected chi connectivity index (χ0v) is 17.5. The summed E-state index contributed by atoms with van der Waals surface area (Å²) < 4.78 is 17.8. The molecule has 0 saturated carbocycles. The van der Waals surface area contributed by atoms with E-state index in [2.05, 4.69) is 43.1 Å². The highest BCUT2D eigenvalue weighted by molar-refractivity contribution is 5.80. The lowest BCUT2D eigenvalue weighted by Crippen LogP contribution is -2.53. The number of benzene rings is 1. The van der Waals surface area contributed by atoms with Gasteiger partial charge in [0, 0.05) is 26.2 Å². The topological polar surface area (TPSA) is 55.3 Å². The zero-order valence-electron chi connectivity index (χ0n) is 17.5. The first kappa shape index (κ1) is 20.9. The Balaban J connectivity index is 1.55. The average Bonchev–Trinajstić information content (AvgIpc) is 3.25. The van der Waals surface area contributed by atoms with Gasteiger partial charge in [0.2, 0.25) is 0 Å². The number of nitrogens with one attached hydrogen (secondary N) is 1. The van der Waals surface area contributed by atoms with E-state index in [0.717, 1.165) is 50.8 Å². The lowest BCUT2D eigenvalue weighted by atomic mass is 10.0. The van der Waals surface area contributed by atoms with E-state index >= 15 is 0 Å². The van der Waals surface area contributed by atoms with E-state index in [9.17, 15) is 0 Å². The van der Waals surface area contributed by atoms with Crippen molar-refractivity contribution in [2.75, 3.05) is 46.0 Å². The molecule has 3 rings (SSSR count). The Kier molecular flexibility index (Phi) is 7.98. The Morgan fingerprint density at radius 1 is 1.25 bits per heavy atom. The molecule has 156 valence electrons. The maximum atomic E-state index is 6.02. The van der Waals surface area contributed by atoms with Crippen LogP contribution in [0.2, 0.25) is 0 Å². The predicted molar refractivity (Wildman–Crippen MR) is 112 cm³/mol. The molecule has 2 atom stereocenters. The van der Waals surface area contributed by atoms with Gasteiger partial charge in [-0.2, -0.15) is 0 Å². The van der Waals surface area contributed by atoms with Crippen LogP contribution in [0.5, 0.6) is 5.75 Å². The number of rotatable bonds is 7. The molecule has 2 saturated heterocycles. The number of hydrogen-bond donors (Lipinski definition) is 1. The van der Waals surface area contributed by atoms with Crippen molar-refractivity contribution in [1.29, 1.82) is 0 Å². The van der Waals surface area contributed by atoms with Crippen LogP contribution in [0.25, 0.3) is 0 Å². The Hall–Kier alpha value is -1.79. The first-order valence-corrected chi connectivity index (χ1v) is 10.7. The number of morpholine rings is 1. The van der Waals surface area contributed by atoms with E-state index in [0.29, 0.717) is 25.7 Å². The monoisotopic (exact) mass is 389 g/mol. The minimum atomic E-state index is 0.134. The van der Waals surface area contributed by atoms with Gasteiger partial charge >= 0.3 is 0 Å². The normalized spacial score (nSPS) is 23.3. The van der Waals surface area contributed by atoms with Gasteiger partial charge in [0.05, 0.1) is 19.3 Å². The maximum Gasteiger partial charge on any atom is 0.194 e. The molecule has 6 heteroatoms. The number of guanidine groups is 1. The van der Waals surface area contributed by atoms with Gasteiger partial charge in [-0.3, -0.25) is 0 Å². The van der Waals surface area contributed by atoms with Gasteiger partial charge in [-0.1, -0.05) is 32.0 Å². The van der Waals surface area contributed by atoms with E-state index in [1.807, 2.05) is 12.1 Å². The summed E-state index contributed by atoms with van der Waals surface area (Å²) in [6.45, 7) is 11.8. The predicted octanol–water partition coefficient (Wildman–Crippen LogP) is 3.03. The van der Waals surface area contributed by atoms with Gasteiger partial charge in [-0.25, -0.2) is 4.99 Å². The van der Waals surface area contributed by atoms with E-state index in [4.69, 9.17) is 19.2 Å². The highest BCUT2D eigenvalue weighted by Crippen LogP contribution is 2.25. The van der Waals surface area contributed by atoms with Crippen molar-refractivity contribution in [3.63, 3.8) is 0 Å². The number of nitrogens with zero attached hydrogens (tertiary/aromatic N) is 2. The highest BCUT2D eigenvalue weighted by atomic mass is 16.5. The van der Waals surface area contributed by atoms with Crippen molar-refractivity contribution in [2.24, 2.45) is 4.99 Å². The van der Waals surface area contributed by atoms with Crippen molar-refractivity contribution in [3.05, 3.63) is 29.8 Å². The van der Waals surface area contributed by atoms with Crippen LogP contribution < -0.4 is 10.1 Å². The molecule has 1 aromatic carbocycles. The molecule has 2 aliphatic rings. The number of hydrogen-bond acceptors (Lipinski definition) is 4. The molecule has 2 aliphatic heterocycles. The Labute approximate surface area is 169 Å². The molecule has 6 nitrogen and oxygen atoms in total. The lowest BCUT2D eigenvalue weighted by molar-refractivity contribution is -0.0817. The van der Waals surface area contributed by atoms with Gasteiger partial charge in [0.25, 0.3) is 0 Å². The molecule has 28 heavy (non-hydrogen) atoms.